The summed E-state index contributed by atoms with van der Waals surface area (Å²) in [6.45, 7) is 3.54. The molecule has 0 unspecified atom stereocenters. The van der Waals surface area contributed by atoms with E-state index in [1.807, 2.05) is 0 Å². The van der Waals surface area contributed by atoms with Gasteiger partial charge in [0, 0.05) is 41.0 Å². The Hall–Kier alpha value is -1.70. The van der Waals surface area contributed by atoms with E-state index >= 15 is 0 Å². The van der Waals surface area contributed by atoms with E-state index in [1.165, 1.54) is 6.08 Å². The topological polar surface area (TPSA) is 61.2 Å². The molecule has 1 aliphatic rings. The van der Waals surface area contributed by atoms with Gasteiger partial charge < -0.3 is 9.64 Å². The van der Waals surface area contributed by atoms with Crippen LogP contribution in [0.4, 0.5) is 24.5 Å². The van der Waals surface area contributed by atoms with Crippen LogP contribution in [-0.2, 0) is 4.74 Å². The first-order chi connectivity index (χ1) is 11.3. The summed E-state index contributed by atoms with van der Waals surface area (Å²) < 4.78 is 46.2. The summed E-state index contributed by atoms with van der Waals surface area (Å²) in [5.74, 6) is 0. The lowest BCUT2D eigenvalue weighted by Gasteiger charge is -2.43. The summed E-state index contributed by atoms with van der Waals surface area (Å²) in [6.07, 6.45) is -3.54. The van der Waals surface area contributed by atoms with Crippen molar-refractivity contribution in [3.63, 3.8) is 0 Å². The number of ether oxygens (including phenoxy) is 1. The van der Waals surface area contributed by atoms with Gasteiger partial charge in [-0.3, -0.25) is 0 Å². The monoisotopic (exact) mass is 404 g/mol. The number of azide groups is 1. The van der Waals surface area contributed by atoms with Crippen LogP contribution >= 0.6 is 15.9 Å². The van der Waals surface area contributed by atoms with Gasteiger partial charge in [0.25, 0.3) is 0 Å². The number of benzene rings is 1. The average Bonchev–Trinajstić information content (AvgIpc) is 2.54. The maximum atomic E-state index is 13.5. The third-order valence-electron chi connectivity index (χ3n) is 4.00. The third kappa shape index (κ3) is 3.85. The van der Waals surface area contributed by atoms with Crippen molar-refractivity contribution in [3.8, 4) is 0 Å². The number of piperidine rings is 1. The van der Waals surface area contributed by atoms with E-state index in [0.29, 0.717) is 11.4 Å². The fourth-order valence-corrected chi connectivity index (χ4v) is 3.07. The van der Waals surface area contributed by atoms with E-state index in [1.54, 1.807) is 23.1 Å². The first-order valence-corrected chi connectivity index (χ1v) is 8.03. The predicted octanol–water partition coefficient (Wildman–Crippen LogP) is 5.49. The molecule has 130 valence electrons. The Labute approximate surface area is 145 Å². The highest BCUT2D eigenvalue weighted by molar-refractivity contribution is 9.10. The molecule has 24 heavy (non-hydrogen) atoms. The molecule has 9 heteroatoms. The van der Waals surface area contributed by atoms with Gasteiger partial charge in [-0.1, -0.05) is 27.1 Å². The van der Waals surface area contributed by atoms with Gasteiger partial charge in [-0.15, -0.1) is 6.58 Å². The van der Waals surface area contributed by atoms with Crippen molar-refractivity contribution < 1.29 is 17.9 Å². The maximum Gasteiger partial charge on any atom is 0.417 e. The molecule has 0 saturated carbocycles. The molecule has 1 aliphatic heterocycles. The number of hydrogen-bond acceptors (Lipinski definition) is 3. The van der Waals surface area contributed by atoms with Crippen LogP contribution in [0.2, 0.25) is 0 Å². The van der Waals surface area contributed by atoms with Crippen LogP contribution in [0.1, 0.15) is 12.8 Å². The van der Waals surface area contributed by atoms with Gasteiger partial charge in [-0.25, -0.2) is 0 Å². The van der Waals surface area contributed by atoms with Crippen molar-refractivity contribution in [2.45, 2.75) is 24.6 Å². The molecular formula is C15H16BrF3N4O. The fraction of sp³-hybridized carbons (Fsp3) is 0.467. The Balaban J connectivity index is 2.24. The zero-order valence-corrected chi connectivity index (χ0v) is 14.3. The molecule has 1 aromatic carbocycles. The van der Waals surface area contributed by atoms with Crippen molar-refractivity contribution >= 4 is 27.3 Å². The standard InChI is InChI=1S/C15H16BrF3N4O/c1-2-9-24-14(15(17,18)19)5-7-23(8-6-14)13-10-11(16)3-4-12(13)21-22-20/h2-4,10H,1,5-9H2. The Bertz CT molecular complexity index is 651. The van der Waals surface area contributed by atoms with Crippen LogP contribution in [0.3, 0.4) is 0 Å². The molecule has 0 N–H and O–H groups in total. The molecule has 0 aromatic heterocycles. The van der Waals surface area contributed by atoms with Gasteiger partial charge in [0.15, 0.2) is 5.60 Å². The van der Waals surface area contributed by atoms with Crippen molar-refractivity contribution in [3.05, 3.63) is 45.8 Å². The molecule has 0 bridgehead atoms. The lowest BCUT2D eigenvalue weighted by atomic mass is 9.90. The number of anilines is 1. The Kier molecular flexibility index (Phi) is 5.79. The van der Waals surface area contributed by atoms with Gasteiger partial charge in [0.2, 0.25) is 0 Å². The van der Waals surface area contributed by atoms with Crippen LogP contribution in [0.5, 0.6) is 0 Å². The molecule has 5 nitrogen and oxygen atoms in total. The molecule has 0 spiro atoms. The average molecular weight is 405 g/mol. The fourth-order valence-electron chi connectivity index (χ4n) is 2.72. The van der Waals surface area contributed by atoms with Crippen LogP contribution in [-0.4, -0.2) is 31.5 Å². The van der Waals surface area contributed by atoms with E-state index < -0.39 is 11.8 Å². The minimum absolute atomic E-state index is 0.140. The van der Waals surface area contributed by atoms with E-state index in [0.717, 1.165) is 4.47 Å². The second kappa shape index (κ2) is 7.46. The molecule has 1 heterocycles. The van der Waals surface area contributed by atoms with Crippen LogP contribution in [0.25, 0.3) is 10.4 Å². The summed E-state index contributed by atoms with van der Waals surface area (Å²) in [5, 5.41) is 3.61. The molecule has 1 fully saturated rings. The zero-order chi connectivity index (χ0) is 17.8. The summed E-state index contributed by atoms with van der Waals surface area (Å²) in [6, 6.07) is 5.07. The van der Waals surface area contributed by atoms with Crippen LogP contribution < -0.4 is 4.90 Å². The maximum absolute atomic E-state index is 13.5. The number of hydrogen-bond donors (Lipinski definition) is 0. The summed E-state index contributed by atoms with van der Waals surface area (Å²) in [7, 11) is 0. The lowest BCUT2D eigenvalue weighted by Crippen LogP contribution is -2.55. The minimum Gasteiger partial charge on any atom is -0.371 e. The molecule has 1 saturated heterocycles. The van der Waals surface area contributed by atoms with E-state index in [-0.39, 0.29) is 32.5 Å². The highest BCUT2D eigenvalue weighted by Gasteiger charge is 2.56. The van der Waals surface area contributed by atoms with Crippen molar-refractivity contribution in [2.24, 2.45) is 5.11 Å². The van der Waals surface area contributed by atoms with E-state index in [2.05, 4.69) is 32.5 Å². The molecule has 0 radical (unpaired) electrons. The molecule has 0 atom stereocenters. The summed E-state index contributed by atoms with van der Waals surface area (Å²) in [5.41, 5.74) is 7.46. The van der Waals surface area contributed by atoms with Gasteiger partial charge in [0.05, 0.1) is 12.3 Å². The SMILES string of the molecule is C=CCOC1(C(F)(F)F)CCN(c2cc(Br)ccc2N=[N+]=[N-])CC1. The van der Waals surface area contributed by atoms with Crippen molar-refractivity contribution in [1.82, 2.24) is 0 Å². The van der Waals surface area contributed by atoms with Gasteiger partial charge in [-0.2, -0.15) is 13.2 Å². The highest BCUT2D eigenvalue weighted by Crippen LogP contribution is 2.43. The van der Waals surface area contributed by atoms with Crippen LogP contribution in [0.15, 0.2) is 40.4 Å². The number of rotatable bonds is 5. The Morgan fingerprint density at radius 1 is 1.42 bits per heavy atom. The quantitative estimate of drug-likeness (QED) is 0.281. The molecule has 1 aromatic rings. The second-order valence-electron chi connectivity index (χ2n) is 5.40. The number of alkyl halides is 3. The summed E-state index contributed by atoms with van der Waals surface area (Å²) in [4.78, 5) is 4.54. The molecular weight excluding hydrogens is 389 g/mol. The number of nitrogens with zero attached hydrogens (tertiary/aromatic N) is 4. The highest BCUT2D eigenvalue weighted by atomic mass is 79.9. The van der Waals surface area contributed by atoms with E-state index in [4.69, 9.17) is 10.3 Å². The van der Waals surface area contributed by atoms with Gasteiger partial charge in [-0.05, 0) is 23.7 Å². The largest absolute Gasteiger partial charge is 0.417 e. The minimum atomic E-state index is -4.45. The van der Waals surface area contributed by atoms with Crippen molar-refractivity contribution in [1.29, 1.82) is 0 Å². The molecule has 2 rings (SSSR count). The lowest BCUT2D eigenvalue weighted by molar-refractivity contribution is -0.281. The second-order valence-corrected chi connectivity index (χ2v) is 6.32. The zero-order valence-electron chi connectivity index (χ0n) is 12.8. The third-order valence-corrected chi connectivity index (χ3v) is 4.49. The van der Waals surface area contributed by atoms with Crippen LogP contribution in [0, 0.1) is 0 Å². The first kappa shape index (κ1) is 18.6. The normalized spacial score (nSPS) is 17.2. The smallest absolute Gasteiger partial charge is 0.371 e. The Morgan fingerprint density at radius 3 is 2.62 bits per heavy atom. The Morgan fingerprint density at radius 2 is 2.08 bits per heavy atom. The molecule has 0 amide bonds. The predicted molar refractivity (Wildman–Crippen MR) is 89.3 cm³/mol. The van der Waals surface area contributed by atoms with Gasteiger partial charge in [0.1, 0.15) is 0 Å². The summed E-state index contributed by atoms with van der Waals surface area (Å²) >= 11 is 3.33. The number of halogens is 4. The first-order valence-electron chi connectivity index (χ1n) is 7.24. The van der Waals surface area contributed by atoms with E-state index in [9.17, 15) is 13.2 Å². The molecule has 0 aliphatic carbocycles. The van der Waals surface area contributed by atoms with Crippen molar-refractivity contribution in [2.75, 3.05) is 24.6 Å². The van der Waals surface area contributed by atoms with Gasteiger partial charge >= 0.3 is 6.18 Å².